The molecule has 2 aromatic heterocycles. The van der Waals surface area contributed by atoms with E-state index in [1.54, 1.807) is 13.1 Å². The van der Waals surface area contributed by atoms with Gasteiger partial charge >= 0.3 is 0 Å². The minimum Gasteiger partial charge on any atom is -0.378 e. The number of primary sulfonamides is 1. The summed E-state index contributed by atoms with van der Waals surface area (Å²) in [6, 6.07) is 6.32. The van der Waals surface area contributed by atoms with Gasteiger partial charge in [0.1, 0.15) is 5.69 Å². The maximum atomic E-state index is 12.3. The van der Waals surface area contributed by atoms with E-state index in [0.717, 1.165) is 44.2 Å². The molecule has 1 aromatic carbocycles. The van der Waals surface area contributed by atoms with Gasteiger partial charge in [-0.2, -0.15) is 4.31 Å². The molecule has 2 aliphatic heterocycles. The molecule has 3 aromatic rings. The number of fused-ring (bicyclic) bond motifs is 1. The molecular formula is C25H28BrClN6O4S2. The molecule has 3 N–H and O–H groups in total. The average molecular weight is 656 g/mol. The molecule has 0 amide bonds. The van der Waals surface area contributed by atoms with Crippen molar-refractivity contribution in [3.8, 4) is 5.69 Å². The fraction of sp³-hybridized carbons (Fsp3) is 0.360. The maximum Gasteiger partial charge on any atom is 0.238 e. The van der Waals surface area contributed by atoms with E-state index in [9.17, 15) is 16.8 Å². The first-order valence-corrected chi connectivity index (χ1v) is 16.6. The fourth-order valence-electron chi connectivity index (χ4n) is 5.15. The van der Waals surface area contributed by atoms with E-state index in [-0.39, 0.29) is 16.7 Å². The van der Waals surface area contributed by atoms with Crippen LogP contribution in [-0.4, -0.2) is 61.3 Å². The van der Waals surface area contributed by atoms with Gasteiger partial charge in [0.05, 0.1) is 42.9 Å². The van der Waals surface area contributed by atoms with Gasteiger partial charge in [-0.05, 0) is 67.4 Å². The summed E-state index contributed by atoms with van der Waals surface area (Å²) in [5, 5.41) is 9.25. The van der Waals surface area contributed by atoms with Gasteiger partial charge in [0, 0.05) is 48.7 Å². The zero-order valence-electron chi connectivity index (χ0n) is 21.6. The molecular weight excluding hydrogens is 628 g/mol. The Kier molecular flexibility index (Phi) is 7.44. The first-order chi connectivity index (χ1) is 18.3. The van der Waals surface area contributed by atoms with Gasteiger partial charge < -0.3 is 9.88 Å². The molecule has 0 saturated carbocycles. The number of nitrogens with one attached hydrogen (secondary N) is 1. The van der Waals surface area contributed by atoms with Gasteiger partial charge in [-0.3, -0.25) is 4.98 Å². The number of nitrogens with zero attached hydrogens (tertiary/aromatic N) is 4. The normalized spacial score (nSPS) is 17.9. The Balaban J connectivity index is 1.49. The van der Waals surface area contributed by atoms with Crippen LogP contribution in [0.4, 0.5) is 11.4 Å². The molecule has 4 heterocycles. The van der Waals surface area contributed by atoms with Crippen molar-refractivity contribution in [1.29, 1.82) is 0 Å². The molecule has 0 aliphatic carbocycles. The lowest BCUT2D eigenvalue weighted by Gasteiger charge is -2.18. The molecule has 0 radical (unpaired) electrons. The van der Waals surface area contributed by atoms with Gasteiger partial charge in [0.15, 0.2) is 0 Å². The Hall–Kier alpha value is -2.29. The monoisotopic (exact) mass is 654 g/mol. The number of aliphatic imine (C=N–C) groups is 1. The highest BCUT2D eigenvalue weighted by molar-refractivity contribution is 9.10. The van der Waals surface area contributed by atoms with Gasteiger partial charge in [-0.1, -0.05) is 11.6 Å². The quantitative estimate of drug-likeness (QED) is 0.394. The van der Waals surface area contributed by atoms with Crippen LogP contribution >= 0.6 is 27.5 Å². The molecule has 0 bridgehead atoms. The zero-order chi connectivity index (χ0) is 28.3. The second-order valence-corrected chi connectivity index (χ2v) is 14.8. The standard InChI is InChI=1S/C25H28BrClN6O4S2/c1-4-38(34,35)32-8-7-16(13-32)30-24-19(26)12-29-22-11-21(31-25(22)24)18-9-14(2)33(15(18)3)23-10-17(39(28,36)37)5-6-20(23)27/h5-6,9-10,12,16H,4,7-8,11,13H2,1-3H3,(H,29,30)(H2,28,36,37). The number of halogens is 2. The minimum atomic E-state index is -3.90. The largest absolute Gasteiger partial charge is 0.378 e. The number of pyridine rings is 1. The van der Waals surface area contributed by atoms with Gasteiger partial charge in [-0.15, -0.1) is 0 Å². The lowest BCUT2D eigenvalue weighted by molar-refractivity contribution is 0.475. The molecule has 208 valence electrons. The van der Waals surface area contributed by atoms with Crippen LogP contribution < -0.4 is 10.5 Å². The van der Waals surface area contributed by atoms with Crippen molar-refractivity contribution in [1.82, 2.24) is 13.9 Å². The molecule has 10 nitrogen and oxygen atoms in total. The summed E-state index contributed by atoms with van der Waals surface area (Å²) < 4.78 is 52.7. The van der Waals surface area contributed by atoms with Crippen molar-refractivity contribution < 1.29 is 16.8 Å². The van der Waals surface area contributed by atoms with Crippen molar-refractivity contribution in [2.45, 2.75) is 44.6 Å². The summed E-state index contributed by atoms with van der Waals surface area (Å²) in [5.41, 5.74) is 6.23. The van der Waals surface area contributed by atoms with Gasteiger partial charge in [0.25, 0.3) is 0 Å². The van der Waals surface area contributed by atoms with E-state index in [1.165, 1.54) is 22.5 Å². The third kappa shape index (κ3) is 5.27. The van der Waals surface area contributed by atoms with Crippen molar-refractivity contribution >= 4 is 64.7 Å². The predicted octanol–water partition coefficient (Wildman–Crippen LogP) is 4.07. The number of nitrogens with two attached hydrogens (primary N) is 1. The summed E-state index contributed by atoms with van der Waals surface area (Å²) in [4.78, 5) is 9.53. The fourth-order valence-corrected chi connectivity index (χ4v) is 7.44. The summed E-state index contributed by atoms with van der Waals surface area (Å²) in [7, 11) is -7.15. The highest BCUT2D eigenvalue weighted by Crippen LogP contribution is 2.41. The Labute approximate surface area is 241 Å². The Morgan fingerprint density at radius 3 is 2.64 bits per heavy atom. The summed E-state index contributed by atoms with van der Waals surface area (Å²) >= 11 is 10.1. The van der Waals surface area contributed by atoms with Crippen LogP contribution in [-0.2, 0) is 26.5 Å². The SMILES string of the molecule is CCS(=O)(=O)N1CCC(Nc2c(Br)cnc3c2N=C(c2cc(C)n(-c4cc(S(N)(=O)=O)ccc4Cl)c2C)C3)C1. The Morgan fingerprint density at radius 1 is 1.21 bits per heavy atom. The molecule has 1 fully saturated rings. The first kappa shape index (κ1) is 28.2. The molecule has 2 aliphatic rings. The summed E-state index contributed by atoms with van der Waals surface area (Å²) in [6.45, 7) is 6.37. The average Bonchev–Trinajstić information content (AvgIpc) is 3.58. The third-order valence-corrected chi connectivity index (χ3v) is 10.8. The number of rotatable bonds is 7. The lowest BCUT2D eigenvalue weighted by Crippen LogP contribution is -2.32. The van der Waals surface area contributed by atoms with Crippen LogP contribution in [0, 0.1) is 13.8 Å². The summed E-state index contributed by atoms with van der Waals surface area (Å²) in [5.74, 6) is 0.0810. The smallest absolute Gasteiger partial charge is 0.238 e. The topological polar surface area (TPSA) is 140 Å². The van der Waals surface area contributed by atoms with Gasteiger partial charge in [-0.25, -0.2) is 27.0 Å². The van der Waals surface area contributed by atoms with Crippen LogP contribution in [0.3, 0.4) is 0 Å². The number of benzene rings is 1. The van der Waals surface area contributed by atoms with Crippen LogP contribution in [0.2, 0.25) is 5.02 Å². The second kappa shape index (κ2) is 10.3. The van der Waals surface area contributed by atoms with Crippen molar-refractivity contribution in [3.63, 3.8) is 0 Å². The van der Waals surface area contributed by atoms with E-state index < -0.39 is 20.0 Å². The summed E-state index contributed by atoms with van der Waals surface area (Å²) in [6.07, 6.45) is 2.93. The highest BCUT2D eigenvalue weighted by Gasteiger charge is 2.32. The van der Waals surface area contributed by atoms with Crippen LogP contribution in [0.15, 0.2) is 44.8 Å². The predicted molar refractivity (Wildman–Crippen MR) is 157 cm³/mol. The van der Waals surface area contributed by atoms with Crippen molar-refractivity contribution in [3.05, 3.63) is 62.6 Å². The molecule has 5 rings (SSSR count). The highest BCUT2D eigenvalue weighted by atomic mass is 79.9. The molecule has 1 saturated heterocycles. The minimum absolute atomic E-state index is 0.0245. The second-order valence-electron chi connectivity index (χ2n) is 9.68. The molecule has 0 spiro atoms. The Bertz CT molecular complexity index is 1740. The van der Waals surface area contributed by atoms with Crippen LogP contribution in [0.25, 0.3) is 5.69 Å². The van der Waals surface area contributed by atoms with Gasteiger partial charge in [0.2, 0.25) is 20.0 Å². The first-order valence-electron chi connectivity index (χ1n) is 12.3. The van der Waals surface area contributed by atoms with Crippen LogP contribution in [0.5, 0.6) is 0 Å². The Morgan fingerprint density at radius 2 is 1.95 bits per heavy atom. The molecule has 14 heteroatoms. The number of hydrogen-bond donors (Lipinski definition) is 2. The van der Waals surface area contributed by atoms with E-state index in [4.69, 9.17) is 21.7 Å². The molecule has 39 heavy (non-hydrogen) atoms. The number of anilines is 1. The lowest BCUT2D eigenvalue weighted by atomic mass is 10.1. The van der Waals surface area contributed by atoms with Crippen molar-refractivity contribution in [2.75, 3.05) is 24.2 Å². The molecule has 1 unspecified atom stereocenters. The van der Waals surface area contributed by atoms with Crippen molar-refractivity contribution in [2.24, 2.45) is 10.1 Å². The number of hydrogen-bond acceptors (Lipinski definition) is 7. The van der Waals surface area contributed by atoms with E-state index in [2.05, 4.69) is 26.2 Å². The van der Waals surface area contributed by atoms with E-state index in [1.807, 2.05) is 24.5 Å². The number of aromatic nitrogens is 2. The van der Waals surface area contributed by atoms with E-state index in [0.29, 0.717) is 36.6 Å². The number of sulfonamides is 2. The van der Waals surface area contributed by atoms with E-state index >= 15 is 0 Å². The third-order valence-electron chi connectivity index (χ3n) is 7.15. The number of aryl methyl sites for hydroxylation is 1. The molecule has 1 atom stereocenters. The maximum absolute atomic E-state index is 12.3. The zero-order valence-corrected chi connectivity index (χ0v) is 25.5. The van der Waals surface area contributed by atoms with Crippen LogP contribution in [0.1, 0.15) is 36.0 Å².